The maximum atomic E-state index is 6.35. The van der Waals surface area contributed by atoms with Crippen LogP contribution in [-0.4, -0.2) is 44.3 Å². The van der Waals surface area contributed by atoms with Crippen molar-refractivity contribution < 1.29 is 4.74 Å². The minimum absolute atomic E-state index is 0.244. The van der Waals surface area contributed by atoms with Gasteiger partial charge in [0, 0.05) is 44.4 Å². The molecule has 0 bridgehead atoms. The summed E-state index contributed by atoms with van der Waals surface area (Å²) in [6.07, 6.45) is 10.4. The molecule has 0 atom stereocenters. The molecular weight excluding hydrogens is 338 g/mol. The first-order valence-corrected chi connectivity index (χ1v) is 9.58. The predicted molar refractivity (Wildman–Crippen MR) is 101 cm³/mol. The molecular formula is C21H23N5O. The second-order valence-corrected chi connectivity index (χ2v) is 7.35. The van der Waals surface area contributed by atoms with Crippen molar-refractivity contribution in [3.8, 4) is 5.69 Å². The fourth-order valence-corrected chi connectivity index (χ4v) is 4.21. The number of rotatable bonds is 3. The highest BCUT2D eigenvalue weighted by Gasteiger charge is 2.43. The van der Waals surface area contributed by atoms with Gasteiger partial charge in [0.15, 0.2) is 0 Å². The van der Waals surface area contributed by atoms with Gasteiger partial charge >= 0.3 is 0 Å². The summed E-state index contributed by atoms with van der Waals surface area (Å²) in [7, 11) is 0. The largest absolute Gasteiger partial charge is 0.368 e. The van der Waals surface area contributed by atoms with E-state index < -0.39 is 0 Å². The maximum Gasteiger partial charge on any atom is 0.115 e. The van der Waals surface area contributed by atoms with E-state index in [4.69, 9.17) is 9.84 Å². The Kier molecular flexibility index (Phi) is 4.22. The number of ether oxygens (including phenoxy) is 1. The van der Waals surface area contributed by atoms with Gasteiger partial charge in [-0.25, -0.2) is 4.68 Å². The summed E-state index contributed by atoms with van der Waals surface area (Å²) in [6.45, 7) is 3.58. The molecule has 6 heteroatoms. The van der Waals surface area contributed by atoms with Crippen LogP contribution in [0.1, 0.15) is 29.8 Å². The molecule has 0 unspecified atom stereocenters. The van der Waals surface area contributed by atoms with Gasteiger partial charge in [0.25, 0.3) is 0 Å². The van der Waals surface area contributed by atoms with Crippen molar-refractivity contribution in [2.45, 2.75) is 31.4 Å². The number of aromatic nitrogens is 4. The summed E-state index contributed by atoms with van der Waals surface area (Å²) >= 11 is 0. The zero-order valence-corrected chi connectivity index (χ0v) is 15.3. The van der Waals surface area contributed by atoms with Gasteiger partial charge in [0.2, 0.25) is 0 Å². The average molecular weight is 361 g/mol. The summed E-state index contributed by atoms with van der Waals surface area (Å²) < 4.78 is 8.36. The maximum absolute atomic E-state index is 6.35. The summed E-state index contributed by atoms with van der Waals surface area (Å²) in [5, 5.41) is 4.96. The van der Waals surface area contributed by atoms with E-state index in [9.17, 15) is 0 Å². The molecule has 2 aromatic heterocycles. The molecule has 2 aliphatic rings. The van der Waals surface area contributed by atoms with Crippen LogP contribution in [0.2, 0.25) is 0 Å². The Balaban J connectivity index is 1.36. The topological polar surface area (TPSA) is 56.1 Å². The molecule has 1 saturated heterocycles. The fourth-order valence-electron chi connectivity index (χ4n) is 4.21. The van der Waals surface area contributed by atoms with Gasteiger partial charge in [-0.15, -0.1) is 0 Å². The smallest absolute Gasteiger partial charge is 0.115 e. The standard InChI is InChI=1S/C21H23N5O/c1-2-4-19(5-3-1)26-15-17-6-13-27-21(20(17)24-26)7-11-25(12-8-21)16-18-14-22-9-10-23-18/h1-5,9-10,14-15H,6-8,11-13,16H2. The van der Waals surface area contributed by atoms with Crippen molar-refractivity contribution in [2.24, 2.45) is 0 Å². The number of hydrogen-bond acceptors (Lipinski definition) is 5. The van der Waals surface area contributed by atoms with Crippen LogP contribution in [0.15, 0.2) is 55.1 Å². The molecule has 0 saturated carbocycles. The average Bonchev–Trinajstić information content (AvgIpc) is 3.18. The lowest BCUT2D eigenvalue weighted by Crippen LogP contribution is -2.46. The third-order valence-corrected chi connectivity index (χ3v) is 5.66. The lowest BCUT2D eigenvalue weighted by Gasteiger charge is -2.42. The van der Waals surface area contributed by atoms with Crippen LogP contribution in [0.3, 0.4) is 0 Å². The quantitative estimate of drug-likeness (QED) is 0.718. The minimum Gasteiger partial charge on any atom is -0.368 e. The van der Waals surface area contributed by atoms with E-state index in [1.807, 2.05) is 29.1 Å². The Hall–Kier alpha value is -2.57. The number of fused-ring (bicyclic) bond motifs is 2. The number of para-hydroxylation sites is 1. The Morgan fingerprint density at radius 3 is 2.70 bits per heavy atom. The molecule has 0 radical (unpaired) electrons. The van der Waals surface area contributed by atoms with Gasteiger partial charge in [-0.05, 0) is 37.0 Å². The third kappa shape index (κ3) is 3.15. The van der Waals surface area contributed by atoms with Crippen LogP contribution in [-0.2, 0) is 23.3 Å². The van der Waals surface area contributed by atoms with E-state index in [0.29, 0.717) is 0 Å². The molecule has 0 aliphatic carbocycles. The highest BCUT2D eigenvalue weighted by molar-refractivity contribution is 5.35. The first kappa shape index (κ1) is 16.6. The van der Waals surface area contributed by atoms with Gasteiger partial charge in [-0.1, -0.05) is 18.2 Å². The fraction of sp³-hybridized carbons (Fsp3) is 0.381. The highest BCUT2D eigenvalue weighted by atomic mass is 16.5. The number of piperidine rings is 1. The van der Waals surface area contributed by atoms with Crippen LogP contribution in [0.5, 0.6) is 0 Å². The first-order valence-electron chi connectivity index (χ1n) is 9.58. The molecule has 4 heterocycles. The van der Waals surface area contributed by atoms with Crippen molar-refractivity contribution >= 4 is 0 Å². The van der Waals surface area contributed by atoms with Crippen LogP contribution in [0, 0.1) is 0 Å². The second kappa shape index (κ2) is 6.87. The predicted octanol–water partition coefficient (Wildman–Crippen LogP) is 2.73. The van der Waals surface area contributed by atoms with Gasteiger partial charge in [-0.2, -0.15) is 5.10 Å². The van der Waals surface area contributed by atoms with Gasteiger partial charge in [0.1, 0.15) is 5.60 Å². The van der Waals surface area contributed by atoms with Crippen LogP contribution >= 0.6 is 0 Å². The van der Waals surface area contributed by atoms with Gasteiger partial charge < -0.3 is 4.74 Å². The molecule has 0 amide bonds. The monoisotopic (exact) mass is 361 g/mol. The van der Waals surface area contributed by atoms with Crippen LogP contribution in [0.4, 0.5) is 0 Å². The highest BCUT2D eigenvalue weighted by Crippen LogP contribution is 2.41. The van der Waals surface area contributed by atoms with E-state index in [1.165, 1.54) is 5.56 Å². The zero-order valence-electron chi connectivity index (χ0n) is 15.3. The number of likely N-dealkylation sites (tertiary alicyclic amines) is 1. The second-order valence-electron chi connectivity index (χ2n) is 7.35. The molecule has 0 N–H and O–H groups in total. The Morgan fingerprint density at radius 2 is 1.93 bits per heavy atom. The lowest BCUT2D eigenvalue weighted by molar-refractivity contribution is -0.102. The third-order valence-electron chi connectivity index (χ3n) is 5.66. The van der Waals surface area contributed by atoms with E-state index in [2.05, 4.69) is 33.2 Å². The van der Waals surface area contributed by atoms with Crippen molar-refractivity contribution in [3.05, 3.63) is 72.1 Å². The molecule has 5 rings (SSSR count). The molecule has 6 nitrogen and oxygen atoms in total. The molecule has 27 heavy (non-hydrogen) atoms. The number of benzene rings is 1. The summed E-state index contributed by atoms with van der Waals surface area (Å²) in [4.78, 5) is 11.0. The van der Waals surface area contributed by atoms with Gasteiger partial charge in [-0.3, -0.25) is 14.9 Å². The van der Waals surface area contributed by atoms with E-state index in [1.54, 1.807) is 12.4 Å². The number of nitrogens with zero attached hydrogens (tertiary/aromatic N) is 5. The molecule has 1 aromatic carbocycles. The van der Waals surface area contributed by atoms with Crippen molar-refractivity contribution in [1.29, 1.82) is 0 Å². The van der Waals surface area contributed by atoms with Crippen LogP contribution in [0.25, 0.3) is 5.69 Å². The Labute approximate surface area is 158 Å². The molecule has 2 aliphatic heterocycles. The summed E-state index contributed by atoms with van der Waals surface area (Å²) in [6, 6.07) is 10.3. The van der Waals surface area contributed by atoms with E-state index >= 15 is 0 Å². The van der Waals surface area contributed by atoms with E-state index in [-0.39, 0.29) is 5.60 Å². The van der Waals surface area contributed by atoms with Crippen molar-refractivity contribution in [2.75, 3.05) is 19.7 Å². The number of hydrogen-bond donors (Lipinski definition) is 0. The van der Waals surface area contributed by atoms with Gasteiger partial charge in [0.05, 0.1) is 23.7 Å². The Bertz CT molecular complexity index is 901. The molecule has 138 valence electrons. The SMILES string of the molecule is c1ccc(-n2cc3c(n2)C2(CCN(Cc4cnccn4)CC2)OCC3)cc1. The summed E-state index contributed by atoms with van der Waals surface area (Å²) in [5.74, 6) is 0. The normalized spacial score (nSPS) is 19.1. The lowest BCUT2D eigenvalue weighted by atomic mass is 9.84. The molecule has 1 fully saturated rings. The molecule has 3 aromatic rings. The first-order chi connectivity index (χ1) is 13.3. The Morgan fingerprint density at radius 1 is 1.07 bits per heavy atom. The molecule has 1 spiro atoms. The minimum atomic E-state index is -0.244. The van der Waals surface area contributed by atoms with Crippen molar-refractivity contribution in [3.63, 3.8) is 0 Å². The van der Waals surface area contributed by atoms with E-state index in [0.717, 1.165) is 62.6 Å². The van der Waals surface area contributed by atoms with Crippen molar-refractivity contribution in [1.82, 2.24) is 24.6 Å². The summed E-state index contributed by atoms with van der Waals surface area (Å²) in [5.41, 5.74) is 4.34. The van der Waals surface area contributed by atoms with Crippen LogP contribution < -0.4 is 0 Å². The zero-order chi connectivity index (χ0) is 18.1.